The van der Waals surface area contributed by atoms with Gasteiger partial charge >= 0.3 is 0 Å². The Morgan fingerprint density at radius 1 is 0.390 bits per heavy atom. The van der Waals surface area contributed by atoms with Gasteiger partial charge < -0.3 is 0 Å². The van der Waals surface area contributed by atoms with E-state index in [1.807, 2.05) is 47.7 Å². The molecular weight excluding hydrogens is 518 g/mol. The molecule has 0 bridgehead atoms. The summed E-state index contributed by atoms with van der Waals surface area (Å²) < 4.78 is 2.53. The van der Waals surface area contributed by atoms with Gasteiger partial charge in [-0.05, 0) is 44.5 Å². The molecule has 0 saturated heterocycles. The molecule has 0 aliphatic heterocycles. The van der Waals surface area contributed by atoms with Crippen LogP contribution < -0.4 is 0 Å². The zero-order valence-electron chi connectivity index (χ0n) is 21.9. The van der Waals surface area contributed by atoms with Gasteiger partial charge in [0.05, 0.1) is 0 Å². The Balaban J connectivity index is 1.42. The summed E-state index contributed by atoms with van der Waals surface area (Å²) in [6, 6.07) is 44.7. The van der Waals surface area contributed by atoms with Crippen molar-refractivity contribution in [3.63, 3.8) is 0 Å². The molecule has 0 saturated carbocycles. The molecule has 0 atom stereocenters. The van der Waals surface area contributed by atoms with Crippen LogP contribution in [0.5, 0.6) is 0 Å². The lowest BCUT2D eigenvalue weighted by Crippen LogP contribution is -2.00. The summed E-state index contributed by atoms with van der Waals surface area (Å²) in [6.07, 6.45) is 0. The quantitative estimate of drug-likeness (QED) is 0.166. The monoisotopic (exact) mass is 539 g/mol. The van der Waals surface area contributed by atoms with E-state index in [-0.39, 0.29) is 0 Å². The van der Waals surface area contributed by atoms with E-state index in [1.54, 1.807) is 0 Å². The third-order valence-electron chi connectivity index (χ3n) is 8.06. The average molecular weight is 540 g/mol. The molecule has 41 heavy (non-hydrogen) atoms. The molecule has 9 rings (SSSR count). The number of thiophene rings is 1. The van der Waals surface area contributed by atoms with Crippen molar-refractivity contribution in [3.8, 4) is 34.2 Å². The van der Waals surface area contributed by atoms with E-state index >= 15 is 0 Å². The van der Waals surface area contributed by atoms with E-state index in [0.717, 1.165) is 16.7 Å². The van der Waals surface area contributed by atoms with Crippen LogP contribution in [0.4, 0.5) is 0 Å². The van der Waals surface area contributed by atoms with E-state index in [4.69, 9.17) is 15.0 Å². The van der Waals surface area contributed by atoms with Crippen LogP contribution in [0.25, 0.3) is 86.7 Å². The second-order valence-electron chi connectivity index (χ2n) is 10.4. The first-order chi connectivity index (χ1) is 20.3. The van der Waals surface area contributed by atoms with Gasteiger partial charge in [0.1, 0.15) is 0 Å². The van der Waals surface area contributed by atoms with E-state index in [1.165, 1.54) is 52.5 Å². The van der Waals surface area contributed by atoms with Crippen LogP contribution in [0.2, 0.25) is 0 Å². The first kappa shape index (κ1) is 22.6. The number of benzene rings is 7. The summed E-state index contributed by atoms with van der Waals surface area (Å²) >= 11 is 1.85. The standard InChI is InChI=1S/C37H21N3S/c1-3-11-22(12-4-1)35-38-36(23-13-5-2-6-14-23)40-37(39-35)29-20-19-28-26-17-9-10-18-27(26)30-21-24-15-7-8-16-25(24)33-32(30)31(28)34(29)41-33/h1-21H. The van der Waals surface area contributed by atoms with Crippen LogP contribution in [0.3, 0.4) is 0 Å². The highest BCUT2D eigenvalue weighted by Crippen LogP contribution is 2.50. The molecule has 3 nitrogen and oxygen atoms in total. The second-order valence-corrected chi connectivity index (χ2v) is 11.4. The molecule has 0 spiro atoms. The number of nitrogens with zero attached hydrogens (tertiary/aromatic N) is 3. The lowest BCUT2D eigenvalue weighted by atomic mass is 9.91. The summed E-state index contributed by atoms with van der Waals surface area (Å²) in [4.78, 5) is 15.1. The Morgan fingerprint density at radius 3 is 1.61 bits per heavy atom. The Morgan fingerprint density at radius 2 is 0.927 bits per heavy atom. The molecule has 2 heterocycles. The predicted molar refractivity (Wildman–Crippen MR) is 173 cm³/mol. The highest BCUT2D eigenvalue weighted by molar-refractivity contribution is 7.27. The molecule has 190 valence electrons. The SMILES string of the molecule is c1ccc(-c2nc(-c3ccccc3)nc(-c3ccc4c5ccccc5c5cc6ccccc6c6sc3c4c56)n2)cc1. The molecule has 0 fully saturated rings. The molecule has 2 aromatic heterocycles. The average Bonchev–Trinajstić information content (AvgIpc) is 3.46. The molecule has 0 unspecified atom stereocenters. The van der Waals surface area contributed by atoms with Crippen molar-refractivity contribution < 1.29 is 0 Å². The van der Waals surface area contributed by atoms with Gasteiger partial charge in [0, 0.05) is 36.9 Å². The minimum Gasteiger partial charge on any atom is -0.208 e. The number of rotatable bonds is 3. The molecular formula is C37H21N3S. The molecule has 0 radical (unpaired) electrons. The van der Waals surface area contributed by atoms with Gasteiger partial charge in [-0.3, -0.25) is 0 Å². The van der Waals surface area contributed by atoms with Crippen molar-refractivity contribution in [2.45, 2.75) is 0 Å². The fourth-order valence-corrected chi connectivity index (χ4v) is 7.60. The zero-order valence-corrected chi connectivity index (χ0v) is 22.7. The van der Waals surface area contributed by atoms with E-state index in [9.17, 15) is 0 Å². The smallest absolute Gasteiger partial charge is 0.165 e. The minimum absolute atomic E-state index is 0.677. The molecule has 7 aromatic carbocycles. The lowest BCUT2D eigenvalue weighted by Gasteiger charge is -2.12. The number of hydrogen-bond acceptors (Lipinski definition) is 4. The minimum atomic E-state index is 0.677. The third kappa shape index (κ3) is 3.35. The number of aromatic nitrogens is 3. The Hall–Kier alpha value is -5.19. The molecule has 0 amide bonds. The number of hydrogen-bond donors (Lipinski definition) is 0. The van der Waals surface area contributed by atoms with Crippen LogP contribution in [0, 0.1) is 0 Å². The fourth-order valence-electron chi connectivity index (χ4n) is 6.20. The summed E-state index contributed by atoms with van der Waals surface area (Å²) in [5.41, 5.74) is 2.98. The van der Waals surface area contributed by atoms with Crippen LogP contribution in [0.1, 0.15) is 0 Å². The van der Waals surface area contributed by atoms with Crippen LogP contribution in [0.15, 0.2) is 127 Å². The van der Waals surface area contributed by atoms with E-state index < -0.39 is 0 Å². The van der Waals surface area contributed by atoms with Gasteiger partial charge in [-0.2, -0.15) is 0 Å². The summed E-state index contributed by atoms with van der Waals surface area (Å²) in [5, 5.41) is 10.3. The molecule has 0 aliphatic carbocycles. The predicted octanol–water partition coefficient (Wildman–Crippen LogP) is 10.1. The maximum atomic E-state index is 5.08. The molecule has 9 aromatic rings. The van der Waals surface area contributed by atoms with Crippen LogP contribution in [-0.2, 0) is 0 Å². The van der Waals surface area contributed by atoms with Gasteiger partial charge in [0.2, 0.25) is 0 Å². The maximum Gasteiger partial charge on any atom is 0.165 e. The Bertz CT molecular complexity index is 2350. The zero-order chi connectivity index (χ0) is 26.9. The molecule has 0 N–H and O–H groups in total. The second kappa shape index (κ2) is 8.65. The first-order valence-electron chi connectivity index (χ1n) is 13.7. The Labute approximate surface area is 239 Å². The van der Waals surface area contributed by atoms with Crippen LogP contribution in [-0.4, -0.2) is 15.0 Å². The topological polar surface area (TPSA) is 38.7 Å². The van der Waals surface area contributed by atoms with Crippen molar-refractivity contribution in [2.75, 3.05) is 0 Å². The summed E-state index contributed by atoms with van der Waals surface area (Å²) in [5.74, 6) is 2.05. The molecule has 4 heteroatoms. The van der Waals surface area contributed by atoms with Crippen molar-refractivity contribution in [1.82, 2.24) is 15.0 Å². The summed E-state index contributed by atoms with van der Waals surface area (Å²) in [6.45, 7) is 0. The Kier molecular flexibility index (Phi) is 4.77. The van der Waals surface area contributed by atoms with Gasteiger partial charge in [-0.1, -0.05) is 115 Å². The fraction of sp³-hybridized carbons (Fsp3) is 0. The van der Waals surface area contributed by atoms with Crippen molar-refractivity contribution in [1.29, 1.82) is 0 Å². The van der Waals surface area contributed by atoms with Crippen molar-refractivity contribution in [3.05, 3.63) is 127 Å². The van der Waals surface area contributed by atoms with E-state index in [2.05, 4.69) is 91.0 Å². The van der Waals surface area contributed by atoms with Gasteiger partial charge in [0.15, 0.2) is 17.5 Å². The highest BCUT2D eigenvalue weighted by Gasteiger charge is 2.22. The highest BCUT2D eigenvalue weighted by atomic mass is 32.1. The van der Waals surface area contributed by atoms with E-state index in [0.29, 0.717) is 17.5 Å². The maximum absolute atomic E-state index is 5.08. The third-order valence-corrected chi connectivity index (χ3v) is 9.32. The summed E-state index contributed by atoms with van der Waals surface area (Å²) in [7, 11) is 0. The molecule has 0 aliphatic rings. The number of fused-ring (bicyclic) bond motifs is 5. The normalized spacial score (nSPS) is 11.9. The first-order valence-corrected chi connectivity index (χ1v) is 14.5. The van der Waals surface area contributed by atoms with Crippen molar-refractivity contribution >= 4 is 63.8 Å². The van der Waals surface area contributed by atoms with Gasteiger partial charge in [0.25, 0.3) is 0 Å². The van der Waals surface area contributed by atoms with Crippen LogP contribution >= 0.6 is 11.3 Å². The van der Waals surface area contributed by atoms with Crippen molar-refractivity contribution in [2.24, 2.45) is 0 Å². The van der Waals surface area contributed by atoms with Gasteiger partial charge in [-0.15, -0.1) is 11.3 Å². The van der Waals surface area contributed by atoms with Gasteiger partial charge in [-0.25, -0.2) is 15.0 Å². The largest absolute Gasteiger partial charge is 0.208 e. The lowest BCUT2D eigenvalue weighted by molar-refractivity contribution is 1.08.